The summed E-state index contributed by atoms with van der Waals surface area (Å²) < 4.78 is 0. The molecule has 2 heteroatoms. The van der Waals surface area contributed by atoms with E-state index in [-0.39, 0.29) is 5.41 Å². The van der Waals surface area contributed by atoms with Crippen molar-refractivity contribution in [1.82, 2.24) is 0 Å². The summed E-state index contributed by atoms with van der Waals surface area (Å²) in [5.74, 6) is 0.323. The number of rotatable bonds is 2. The Kier molecular flexibility index (Phi) is 3.04. The van der Waals surface area contributed by atoms with Crippen molar-refractivity contribution in [3.63, 3.8) is 0 Å². The lowest BCUT2D eigenvalue weighted by atomic mass is 9.97. The topological polar surface area (TPSA) is 32.3 Å². The van der Waals surface area contributed by atoms with Gasteiger partial charge in [-0.2, -0.15) is 0 Å². The van der Waals surface area contributed by atoms with Crippen LogP contribution < -0.4 is 5.32 Å². The fourth-order valence-corrected chi connectivity index (χ4v) is 1.21. The monoisotopic (exact) mass is 193 g/mol. The molecule has 0 aliphatic rings. The zero-order valence-corrected chi connectivity index (χ0v) is 9.39. The van der Waals surface area contributed by atoms with Crippen LogP contribution in [-0.4, -0.2) is 11.7 Å². The van der Waals surface area contributed by atoms with Gasteiger partial charge in [-0.1, -0.05) is 20.8 Å². The predicted molar refractivity (Wildman–Crippen MR) is 60.8 cm³/mol. The second kappa shape index (κ2) is 3.91. The first kappa shape index (κ1) is 10.9. The fraction of sp³-hybridized carbons (Fsp3) is 0.500. The molecule has 1 aromatic carbocycles. The molecule has 0 atom stereocenters. The lowest BCUT2D eigenvalue weighted by Gasteiger charge is -2.20. The minimum Gasteiger partial charge on any atom is -0.508 e. The largest absolute Gasteiger partial charge is 0.508 e. The third kappa shape index (κ3) is 3.29. The van der Waals surface area contributed by atoms with Crippen LogP contribution in [0.15, 0.2) is 18.2 Å². The van der Waals surface area contributed by atoms with Gasteiger partial charge in [-0.05, 0) is 36.1 Å². The Morgan fingerprint density at radius 3 is 2.43 bits per heavy atom. The van der Waals surface area contributed by atoms with E-state index < -0.39 is 0 Å². The van der Waals surface area contributed by atoms with E-state index >= 15 is 0 Å². The molecule has 0 aromatic heterocycles. The van der Waals surface area contributed by atoms with E-state index in [1.165, 1.54) is 0 Å². The van der Waals surface area contributed by atoms with E-state index in [1.807, 2.05) is 13.0 Å². The van der Waals surface area contributed by atoms with Crippen molar-refractivity contribution in [2.24, 2.45) is 5.41 Å². The van der Waals surface area contributed by atoms with Crippen molar-refractivity contribution in [2.45, 2.75) is 27.7 Å². The number of anilines is 1. The van der Waals surface area contributed by atoms with Gasteiger partial charge in [-0.25, -0.2) is 0 Å². The van der Waals surface area contributed by atoms with Gasteiger partial charge >= 0.3 is 0 Å². The van der Waals surface area contributed by atoms with Crippen molar-refractivity contribution in [3.05, 3.63) is 23.8 Å². The molecule has 2 nitrogen and oxygen atoms in total. The molecule has 0 amide bonds. The van der Waals surface area contributed by atoms with Gasteiger partial charge in [0.15, 0.2) is 0 Å². The molecule has 0 saturated carbocycles. The van der Waals surface area contributed by atoms with Crippen LogP contribution in [0.3, 0.4) is 0 Å². The summed E-state index contributed by atoms with van der Waals surface area (Å²) in [4.78, 5) is 0. The van der Waals surface area contributed by atoms with E-state index in [9.17, 15) is 5.11 Å². The number of benzene rings is 1. The number of aromatic hydroxyl groups is 1. The Morgan fingerprint density at radius 2 is 1.93 bits per heavy atom. The van der Waals surface area contributed by atoms with Gasteiger partial charge in [0, 0.05) is 12.2 Å². The smallest absolute Gasteiger partial charge is 0.115 e. The molecule has 78 valence electrons. The predicted octanol–water partition coefficient (Wildman–Crippen LogP) is 3.16. The van der Waals surface area contributed by atoms with Crippen molar-refractivity contribution in [1.29, 1.82) is 0 Å². The van der Waals surface area contributed by atoms with Crippen LogP contribution in [0.1, 0.15) is 26.3 Å². The molecular formula is C12H19NO. The van der Waals surface area contributed by atoms with E-state index in [0.717, 1.165) is 17.8 Å². The molecule has 1 rings (SSSR count). The summed E-state index contributed by atoms with van der Waals surface area (Å²) in [5, 5.41) is 12.6. The molecule has 0 fully saturated rings. The average Bonchev–Trinajstić information content (AvgIpc) is 2.00. The van der Waals surface area contributed by atoms with Crippen LogP contribution in [0.2, 0.25) is 0 Å². The Bertz CT molecular complexity index is 313. The summed E-state index contributed by atoms with van der Waals surface area (Å²) in [6.07, 6.45) is 0. The average molecular weight is 193 g/mol. The minimum atomic E-state index is 0.268. The summed E-state index contributed by atoms with van der Waals surface area (Å²) in [7, 11) is 0. The molecule has 2 N–H and O–H groups in total. The number of nitrogens with one attached hydrogen (secondary N) is 1. The van der Waals surface area contributed by atoms with Gasteiger partial charge in [0.1, 0.15) is 5.75 Å². The second-order valence-corrected chi connectivity index (χ2v) is 4.91. The maximum Gasteiger partial charge on any atom is 0.115 e. The zero-order valence-electron chi connectivity index (χ0n) is 9.39. The third-order valence-electron chi connectivity index (χ3n) is 2.02. The molecule has 0 aliphatic heterocycles. The quantitative estimate of drug-likeness (QED) is 0.707. The highest BCUT2D eigenvalue weighted by molar-refractivity contribution is 5.53. The Morgan fingerprint density at radius 1 is 1.29 bits per heavy atom. The van der Waals surface area contributed by atoms with Gasteiger partial charge in [0.05, 0.1) is 0 Å². The first-order valence-electron chi connectivity index (χ1n) is 4.92. The van der Waals surface area contributed by atoms with Crippen molar-refractivity contribution in [3.8, 4) is 5.75 Å². The van der Waals surface area contributed by atoms with Crippen LogP contribution in [0.4, 0.5) is 5.69 Å². The highest BCUT2D eigenvalue weighted by Crippen LogP contribution is 2.22. The lowest BCUT2D eigenvalue weighted by molar-refractivity contribution is 0.443. The van der Waals surface area contributed by atoms with Crippen LogP contribution in [0.25, 0.3) is 0 Å². The van der Waals surface area contributed by atoms with E-state index in [4.69, 9.17) is 0 Å². The molecule has 0 heterocycles. The van der Waals surface area contributed by atoms with Crippen LogP contribution in [-0.2, 0) is 0 Å². The van der Waals surface area contributed by atoms with E-state index in [1.54, 1.807) is 12.1 Å². The number of phenols is 1. The maximum absolute atomic E-state index is 9.24. The number of aryl methyl sites for hydroxylation is 1. The van der Waals surface area contributed by atoms with Crippen molar-refractivity contribution >= 4 is 5.69 Å². The first-order valence-corrected chi connectivity index (χ1v) is 4.92. The minimum absolute atomic E-state index is 0.268. The van der Waals surface area contributed by atoms with Gasteiger partial charge < -0.3 is 10.4 Å². The summed E-state index contributed by atoms with van der Waals surface area (Å²) in [6, 6.07) is 5.39. The molecule has 0 spiro atoms. The van der Waals surface area contributed by atoms with E-state index in [0.29, 0.717) is 5.75 Å². The number of hydrogen-bond donors (Lipinski definition) is 2. The van der Waals surface area contributed by atoms with Crippen LogP contribution in [0, 0.1) is 12.3 Å². The first-order chi connectivity index (χ1) is 6.38. The number of hydrogen-bond acceptors (Lipinski definition) is 2. The molecule has 0 radical (unpaired) electrons. The van der Waals surface area contributed by atoms with Crippen molar-refractivity contribution in [2.75, 3.05) is 11.9 Å². The van der Waals surface area contributed by atoms with Gasteiger partial charge in [0.25, 0.3) is 0 Å². The van der Waals surface area contributed by atoms with Crippen LogP contribution >= 0.6 is 0 Å². The van der Waals surface area contributed by atoms with Gasteiger partial charge in [-0.15, -0.1) is 0 Å². The summed E-state index contributed by atoms with van der Waals surface area (Å²) in [5.41, 5.74) is 2.44. The highest BCUT2D eigenvalue weighted by Gasteiger charge is 2.09. The van der Waals surface area contributed by atoms with Gasteiger partial charge in [-0.3, -0.25) is 0 Å². The fourth-order valence-electron chi connectivity index (χ4n) is 1.21. The standard InChI is InChI=1S/C12H19NO/c1-9-7-10(14)5-6-11(9)13-8-12(2,3)4/h5-7,13-14H,8H2,1-4H3. The Labute approximate surface area is 86.0 Å². The molecular weight excluding hydrogens is 174 g/mol. The Balaban J connectivity index is 2.68. The second-order valence-electron chi connectivity index (χ2n) is 4.91. The molecule has 0 bridgehead atoms. The summed E-state index contributed by atoms with van der Waals surface area (Å²) >= 11 is 0. The van der Waals surface area contributed by atoms with Crippen molar-refractivity contribution < 1.29 is 5.11 Å². The molecule has 0 saturated heterocycles. The van der Waals surface area contributed by atoms with Crippen LogP contribution in [0.5, 0.6) is 5.75 Å². The number of phenolic OH excluding ortho intramolecular Hbond substituents is 1. The molecule has 14 heavy (non-hydrogen) atoms. The molecule has 1 aromatic rings. The maximum atomic E-state index is 9.24. The molecule has 0 unspecified atom stereocenters. The summed E-state index contributed by atoms with van der Waals surface area (Å²) in [6.45, 7) is 9.49. The molecule has 0 aliphatic carbocycles. The Hall–Kier alpha value is -1.18. The SMILES string of the molecule is Cc1cc(O)ccc1NCC(C)(C)C. The highest BCUT2D eigenvalue weighted by atomic mass is 16.3. The zero-order chi connectivity index (χ0) is 10.8. The lowest BCUT2D eigenvalue weighted by Crippen LogP contribution is -2.19. The van der Waals surface area contributed by atoms with E-state index in [2.05, 4.69) is 26.1 Å². The van der Waals surface area contributed by atoms with Gasteiger partial charge in [0.2, 0.25) is 0 Å². The third-order valence-corrected chi connectivity index (χ3v) is 2.02. The normalized spacial score (nSPS) is 11.4.